The van der Waals surface area contributed by atoms with E-state index in [9.17, 15) is 18.0 Å². The van der Waals surface area contributed by atoms with Crippen LogP contribution in [0.4, 0.5) is 5.69 Å². The molecule has 0 heterocycles. The fourth-order valence-electron chi connectivity index (χ4n) is 5.72. The van der Waals surface area contributed by atoms with Crippen molar-refractivity contribution in [3.8, 4) is 0 Å². The van der Waals surface area contributed by atoms with E-state index in [4.69, 9.17) is 23.2 Å². The third-order valence-electron chi connectivity index (χ3n) is 8.26. The van der Waals surface area contributed by atoms with Crippen molar-refractivity contribution in [3.05, 3.63) is 93.5 Å². The number of hydrogen-bond acceptors (Lipinski definition) is 4. The summed E-state index contributed by atoms with van der Waals surface area (Å²) in [5.74, 6) is -0.800. The quantitative estimate of drug-likeness (QED) is 0.221. The number of halogens is 2. The second kappa shape index (κ2) is 15.3. The number of nitrogens with zero attached hydrogens (tertiary/aromatic N) is 2. The molecule has 10 heteroatoms. The van der Waals surface area contributed by atoms with Gasteiger partial charge in [0, 0.05) is 28.2 Å². The van der Waals surface area contributed by atoms with Crippen molar-refractivity contribution in [3.63, 3.8) is 0 Å². The van der Waals surface area contributed by atoms with Crippen LogP contribution >= 0.6 is 23.2 Å². The van der Waals surface area contributed by atoms with Crippen molar-refractivity contribution in [1.82, 2.24) is 10.2 Å². The lowest BCUT2D eigenvalue weighted by molar-refractivity contribution is -0.140. The smallest absolute Gasteiger partial charge is 0.264 e. The van der Waals surface area contributed by atoms with Crippen molar-refractivity contribution in [1.29, 1.82) is 0 Å². The Hall–Kier alpha value is -3.07. The van der Waals surface area contributed by atoms with Crippen molar-refractivity contribution in [2.45, 2.75) is 89.2 Å². The van der Waals surface area contributed by atoms with Crippen LogP contribution in [-0.4, -0.2) is 43.8 Å². The number of anilines is 1. The van der Waals surface area contributed by atoms with Gasteiger partial charge >= 0.3 is 0 Å². The Bertz CT molecular complexity index is 1540. The Morgan fingerprint density at radius 1 is 0.909 bits per heavy atom. The van der Waals surface area contributed by atoms with Gasteiger partial charge in [-0.2, -0.15) is 0 Å². The van der Waals surface area contributed by atoms with E-state index < -0.39 is 28.5 Å². The molecular weight excluding hydrogens is 617 g/mol. The number of carbonyl (C=O) groups excluding carboxylic acids is 2. The third kappa shape index (κ3) is 7.95. The Kier molecular flexibility index (Phi) is 11.7. The molecule has 0 bridgehead atoms. The summed E-state index contributed by atoms with van der Waals surface area (Å²) in [4.78, 5) is 29.7. The Labute approximate surface area is 271 Å². The average molecular weight is 659 g/mol. The zero-order chi connectivity index (χ0) is 31.9. The van der Waals surface area contributed by atoms with Crippen LogP contribution in [-0.2, 0) is 32.6 Å². The maximum atomic E-state index is 14.4. The number of hydrogen-bond donors (Lipinski definition) is 1. The Balaban J connectivity index is 1.77. The fourth-order valence-corrected chi connectivity index (χ4v) is 7.69. The molecule has 1 atom stereocenters. The van der Waals surface area contributed by atoms with Gasteiger partial charge in [-0.1, -0.05) is 98.3 Å². The molecule has 1 N–H and O–H groups in total. The summed E-state index contributed by atoms with van der Waals surface area (Å²) >= 11 is 13.1. The van der Waals surface area contributed by atoms with E-state index in [0.29, 0.717) is 34.1 Å². The minimum atomic E-state index is -4.16. The predicted octanol–water partition coefficient (Wildman–Crippen LogP) is 7.32. The van der Waals surface area contributed by atoms with Crippen LogP contribution in [0.3, 0.4) is 0 Å². The molecule has 0 aliphatic heterocycles. The molecule has 0 aromatic heterocycles. The largest absolute Gasteiger partial charge is 0.352 e. The number of carbonyl (C=O) groups is 2. The van der Waals surface area contributed by atoms with E-state index >= 15 is 0 Å². The van der Waals surface area contributed by atoms with Gasteiger partial charge in [-0.3, -0.25) is 13.9 Å². The van der Waals surface area contributed by atoms with Gasteiger partial charge in [-0.25, -0.2) is 8.42 Å². The molecule has 1 fully saturated rings. The summed E-state index contributed by atoms with van der Waals surface area (Å²) in [6.07, 6.45) is 5.90. The van der Waals surface area contributed by atoms with E-state index in [2.05, 4.69) is 5.32 Å². The van der Waals surface area contributed by atoms with Crippen LogP contribution in [0, 0.1) is 6.92 Å². The molecule has 236 valence electrons. The summed E-state index contributed by atoms with van der Waals surface area (Å²) in [6.45, 7) is 5.09. The maximum absolute atomic E-state index is 14.4. The van der Waals surface area contributed by atoms with Gasteiger partial charge in [0.2, 0.25) is 11.8 Å². The molecule has 3 aromatic carbocycles. The summed E-state index contributed by atoms with van der Waals surface area (Å²) in [5.41, 5.74) is 2.60. The Morgan fingerprint density at radius 2 is 1.55 bits per heavy atom. The standard InChI is InChI=1S/C34H41Cl2N3O4S/c1-4-25-12-9-10-17-32(25)39(44(42,43)27-20-18-24(3)19-21-27)23-33(40)38(22-28-29(35)15-11-16-30(28)36)31(5-2)34(41)37-26-13-7-6-8-14-26/h9-12,15-21,26,31H,4-8,13-14,22-23H2,1-3H3,(H,37,41)/t31-/m0/s1. The second-order valence-corrected chi connectivity index (χ2v) is 14.0. The maximum Gasteiger partial charge on any atom is 0.264 e. The molecule has 2 amide bonds. The number of nitrogens with one attached hydrogen (secondary N) is 1. The van der Waals surface area contributed by atoms with Crippen molar-refractivity contribution in [2.75, 3.05) is 10.8 Å². The number of sulfonamides is 1. The van der Waals surface area contributed by atoms with Gasteiger partial charge in [0.05, 0.1) is 10.6 Å². The lowest BCUT2D eigenvalue weighted by atomic mass is 9.95. The zero-order valence-corrected chi connectivity index (χ0v) is 27.9. The molecule has 0 saturated heterocycles. The van der Waals surface area contributed by atoms with E-state index in [0.717, 1.165) is 47.5 Å². The number of amides is 2. The molecule has 7 nitrogen and oxygen atoms in total. The van der Waals surface area contributed by atoms with E-state index in [1.54, 1.807) is 54.6 Å². The topological polar surface area (TPSA) is 86.8 Å². The minimum Gasteiger partial charge on any atom is -0.352 e. The van der Waals surface area contributed by atoms with Crippen LogP contribution in [0.2, 0.25) is 10.0 Å². The monoisotopic (exact) mass is 657 g/mol. The number of para-hydroxylation sites is 1. The highest BCUT2D eigenvalue weighted by Gasteiger charge is 2.35. The predicted molar refractivity (Wildman–Crippen MR) is 178 cm³/mol. The molecule has 3 aromatic rings. The lowest BCUT2D eigenvalue weighted by Gasteiger charge is -2.35. The third-order valence-corrected chi connectivity index (χ3v) is 10.7. The highest BCUT2D eigenvalue weighted by atomic mass is 35.5. The molecular formula is C34H41Cl2N3O4S. The van der Waals surface area contributed by atoms with Gasteiger partial charge in [-0.05, 0) is 68.5 Å². The first-order chi connectivity index (χ1) is 21.1. The highest BCUT2D eigenvalue weighted by molar-refractivity contribution is 7.92. The van der Waals surface area contributed by atoms with Gasteiger partial charge in [0.25, 0.3) is 10.0 Å². The van der Waals surface area contributed by atoms with Crippen LogP contribution in [0.1, 0.15) is 69.1 Å². The zero-order valence-electron chi connectivity index (χ0n) is 25.6. The van der Waals surface area contributed by atoms with Crippen LogP contribution in [0.15, 0.2) is 71.6 Å². The Morgan fingerprint density at radius 3 is 2.16 bits per heavy atom. The van der Waals surface area contributed by atoms with Crippen LogP contribution in [0.5, 0.6) is 0 Å². The molecule has 0 spiro atoms. The molecule has 0 unspecified atom stereocenters. The number of benzene rings is 3. The minimum absolute atomic E-state index is 0.0426. The summed E-state index contributed by atoms with van der Waals surface area (Å²) in [5, 5.41) is 3.87. The molecule has 1 saturated carbocycles. The first-order valence-corrected chi connectivity index (χ1v) is 17.5. The summed E-state index contributed by atoms with van der Waals surface area (Å²) in [6, 6.07) is 18.0. The number of aryl methyl sites for hydroxylation is 2. The van der Waals surface area contributed by atoms with E-state index in [1.807, 2.05) is 32.9 Å². The molecule has 44 heavy (non-hydrogen) atoms. The molecule has 1 aliphatic rings. The summed E-state index contributed by atoms with van der Waals surface area (Å²) < 4.78 is 29.6. The van der Waals surface area contributed by atoms with Crippen molar-refractivity contribution < 1.29 is 18.0 Å². The first-order valence-electron chi connectivity index (χ1n) is 15.3. The number of rotatable bonds is 12. The van der Waals surface area contributed by atoms with Crippen molar-refractivity contribution in [2.24, 2.45) is 0 Å². The van der Waals surface area contributed by atoms with Gasteiger partial charge < -0.3 is 10.2 Å². The first kappa shape index (κ1) is 33.8. The van der Waals surface area contributed by atoms with Gasteiger partial charge in [0.15, 0.2) is 0 Å². The van der Waals surface area contributed by atoms with E-state index in [1.165, 1.54) is 4.90 Å². The van der Waals surface area contributed by atoms with Gasteiger partial charge in [0.1, 0.15) is 12.6 Å². The lowest BCUT2D eigenvalue weighted by Crippen LogP contribution is -2.54. The van der Waals surface area contributed by atoms with Crippen LogP contribution in [0.25, 0.3) is 0 Å². The highest BCUT2D eigenvalue weighted by Crippen LogP contribution is 2.30. The van der Waals surface area contributed by atoms with Crippen LogP contribution < -0.4 is 9.62 Å². The fraction of sp³-hybridized carbons (Fsp3) is 0.412. The normalized spacial score (nSPS) is 14.6. The second-order valence-electron chi connectivity index (χ2n) is 11.3. The molecule has 1 aliphatic carbocycles. The van der Waals surface area contributed by atoms with E-state index in [-0.39, 0.29) is 23.4 Å². The average Bonchev–Trinajstić information content (AvgIpc) is 3.01. The van der Waals surface area contributed by atoms with Crippen molar-refractivity contribution >= 4 is 50.7 Å². The summed E-state index contributed by atoms with van der Waals surface area (Å²) in [7, 11) is -4.16. The van der Waals surface area contributed by atoms with Gasteiger partial charge in [-0.15, -0.1) is 0 Å². The molecule has 4 rings (SSSR count). The molecule has 0 radical (unpaired) electrons. The SMILES string of the molecule is CCc1ccccc1N(CC(=O)N(Cc1c(Cl)cccc1Cl)[C@@H](CC)C(=O)NC1CCCCC1)S(=O)(=O)c1ccc(C)cc1.